The van der Waals surface area contributed by atoms with Crippen LogP contribution in [-0.4, -0.2) is 38.8 Å². The van der Waals surface area contributed by atoms with Gasteiger partial charge in [0.25, 0.3) is 0 Å². The molecule has 1 heterocycles. The molecule has 8 nitrogen and oxygen atoms in total. The molecular weight excluding hydrogens is 428 g/mol. The molecule has 1 aromatic heterocycles. The van der Waals surface area contributed by atoms with Crippen molar-refractivity contribution in [3.63, 3.8) is 0 Å². The summed E-state index contributed by atoms with van der Waals surface area (Å²) >= 11 is 1.33. The molecule has 1 N–H and O–H groups in total. The fourth-order valence-corrected chi connectivity index (χ4v) is 3.85. The zero-order valence-corrected chi connectivity index (χ0v) is 19.3. The number of rotatable bonds is 10. The highest BCUT2D eigenvalue weighted by Gasteiger charge is 2.20. The Bertz CT molecular complexity index is 1080. The van der Waals surface area contributed by atoms with Gasteiger partial charge in [0.15, 0.2) is 16.8 Å². The number of ether oxygens (including phenoxy) is 2. The Hall–Kier alpha value is -3.33. The van der Waals surface area contributed by atoms with Gasteiger partial charge < -0.3 is 19.4 Å². The van der Waals surface area contributed by atoms with Crippen LogP contribution in [0.1, 0.15) is 37.0 Å². The van der Waals surface area contributed by atoms with Crippen molar-refractivity contribution >= 4 is 29.1 Å². The van der Waals surface area contributed by atoms with Gasteiger partial charge in [-0.05, 0) is 57.2 Å². The number of carbonyl (C=O) groups excluding carboxylic acids is 2. The van der Waals surface area contributed by atoms with Crippen LogP contribution in [0.4, 0.5) is 5.69 Å². The van der Waals surface area contributed by atoms with Gasteiger partial charge in [0.05, 0.1) is 12.4 Å². The molecule has 0 radical (unpaired) electrons. The Morgan fingerprint density at radius 3 is 2.50 bits per heavy atom. The van der Waals surface area contributed by atoms with Crippen molar-refractivity contribution in [3.05, 3.63) is 59.9 Å². The van der Waals surface area contributed by atoms with Crippen LogP contribution in [0.3, 0.4) is 0 Å². The van der Waals surface area contributed by atoms with Crippen molar-refractivity contribution in [2.75, 3.05) is 12.4 Å². The number of nitrogens with one attached hydrogen (secondary N) is 1. The van der Waals surface area contributed by atoms with Crippen molar-refractivity contribution < 1.29 is 19.1 Å². The minimum absolute atomic E-state index is 0.0168. The number of carbonyl (C=O) groups is 2. The van der Waals surface area contributed by atoms with Crippen LogP contribution >= 0.6 is 11.8 Å². The molecule has 0 saturated heterocycles. The van der Waals surface area contributed by atoms with Crippen molar-refractivity contribution in [2.45, 2.75) is 44.3 Å². The van der Waals surface area contributed by atoms with Gasteiger partial charge in [-0.3, -0.25) is 9.59 Å². The van der Waals surface area contributed by atoms with E-state index in [4.69, 9.17) is 9.47 Å². The summed E-state index contributed by atoms with van der Waals surface area (Å²) in [7, 11) is 1.61. The predicted molar refractivity (Wildman–Crippen MR) is 123 cm³/mol. The molecule has 0 fully saturated rings. The summed E-state index contributed by atoms with van der Waals surface area (Å²) in [5.41, 5.74) is 1.24. The summed E-state index contributed by atoms with van der Waals surface area (Å²) in [5.74, 6) is 1.88. The van der Waals surface area contributed by atoms with Gasteiger partial charge in [-0.2, -0.15) is 0 Å². The Balaban J connectivity index is 1.61. The normalized spacial score (nSPS) is 11.6. The molecule has 1 amide bonds. The van der Waals surface area contributed by atoms with Gasteiger partial charge in [-0.15, -0.1) is 10.2 Å². The number of benzene rings is 2. The van der Waals surface area contributed by atoms with E-state index in [0.29, 0.717) is 40.3 Å². The van der Waals surface area contributed by atoms with Crippen LogP contribution in [0.25, 0.3) is 0 Å². The fraction of sp³-hybridized carbons (Fsp3) is 0.304. The monoisotopic (exact) mass is 454 g/mol. The van der Waals surface area contributed by atoms with E-state index in [1.54, 1.807) is 37.4 Å². The molecule has 0 saturated carbocycles. The number of ketones is 1. The molecule has 0 aliphatic rings. The summed E-state index contributed by atoms with van der Waals surface area (Å²) in [6, 6.07) is 14.2. The van der Waals surface area contributed by atoms with Gasteiger partial charge in [0, 0.05) is 23.9 Å². The van der Waals surface area contributed by atoms with Crippen LogP contribution in [0.2, 0.25) is 0 Å². The maximum Gasteiger partial charge on any atom is 0.237 e. The summed E-state index contributed by atoms with van der Waals surface area (Å²) < 4.78 is 13.0. The number of hydrogen-bond acceptors (Lipinski definition) is 7. The number of amides is 1. The molecular formula is C23H26N4O4S. The van der Waals surface area contributed by atoms with E-state index in [1.165, 1.54) is 18.7 Å². The SMILES string of the molecule is CCn1c(COc2cccc(OC)c2)nnc1S[C@@H](C)C(=O)Nc1ccc(C(C)=O)cc1. The molecule has 3 aromatic rings. The van der Waals surface area contributed by atoms with E-state index < -0.39 is 5.25 Å². The zero-order chi connectivity index (χ0) is 23.1. The van der Waals surface area contributed by atoms with Crippen LogP contribution in [0.5, 0.6) is 11.5 Å². The Morgan fingerprint density at radius 2 is 1.84 bits per heavy atom. The van der Waals surface area contributed by atoms with Crippen molar-refractivity contribution in [1.29, 1.82) is 0 Å². The highest BCUT2D eigenvalue weighted by atomic mass is 32.2. The average Bonchev–Trinajstić information content (AvgIpc) is 3.19. The lowest BCUT2D eigenvalue weighted by atomic mass is 10.1. The third kappa shape index (κ3) is 5.88. The van der Waals surface area contributed by atoms with Gasteiger partial charge in [0.1, 0.15) is 18.1 Å². The van der Waals surface area contributed by atoms with E-state index in [2.05, 4.69) is 15.5 Å². The molecule has 32 heavy (non-hydrogen) atoms. The first-order chi connectivity index (χ1) is 15.4. The highest BCUT2D eigenvalue weighted by Crippen LogP contribution is 2.25. The number of Topliss-reactive ketones (excluding diaryl/α,β-unsaturated/α-hetero) is 1. The molecule has 1 atom stereocenters. The summed E-state index contributed by atoms with van der Waals surface area (Å²) in [5, 5.41) is 11.6. The van der Waals surface area contributed by atoms with Crippen LogP contribution < -0.4 is 14.8 Å². The van der Waals surface area contributed by atoms with Crippen LogP contribution in [0, 0.1) is 0 Å². The summed E-state index contributed by atoms with van der Waals surface area (Å²) in [6.07, 6.45) is 0. The first-order valence-corrected chi connectivity index (χ1v) is 11.1. The van der Waals surface area contributed by atoms with E-state index in [0.717, 1.165) is 0 Å². The third-order valence-corrected chi connectivity index (χ3v) is 5.81. The molecule has 2 aromatic carbocycles. The van der Waals surface area contributed by atoms with E-state index in [1.807, 2.05) is 36.6 Å². The lowest BCUT2D eigenvalue weighted by Crippen LogP contribution is -2.23. The Labute approximate surface area is 191 Å². The molecule has 0 aliphatic heterocycles. The second-order valence-corrected chi connectivity index (χ2v) is 8.30. The van der Waals surface area contributed by atoms with Crippen LogP contribution in [-0.2, 0) is 17.9 Å². The Kier molecular flexibility index (Phi) is 7.88. The third-order valence-electron chi connectivity index (χ3n) is 4.73. The highest BCUT2D eigenvalue weighted by molar-refractivity contribution is 8.00. The van der Waals surface area contributed by atoms with Crippen LogP contribution in [0.15, 0.2) is 53.7 Å². The van der Waals surface area contributed by atoms with Gasteiger partial charge in [-0.1, -0.05) is 17.8 Å². The molecule has 0 spiro atoms. The van der Waals surface area contributed by atoms with Crippen molar-refractivity contribution in [2.24, 2.45) is 0 Å². The zero-order valence-electron chi connectivity index (χ0n) is 18.5. The molecule has 9 heteroatoms. The second-order valence-electron chi connectivity index (χ2n) is 6.99. The number of aromatic nitrogens is 3. The largest absolute Gasteiger partial charge is 0.497 e. The second kappa shape index (κ2) is 10.8. The number of anilines is 1. The molecule has 168 valence electrons. The van der Waals surface area contributed by atoms with Crippen molar-refractivity contribution in [1.82, 2.24) is 14.8 Å². The summed E-state index contributed by atoms with van der Waals surface area (Å²) in [6.45, 7) is 6.20. The summed E-state index contributed by atoms with van der Waals surface area (Å²) in [4.78, 5) is 24.0. The minimum Gasteiger partial charge on any atom is -0.497 e. The molecule has 0 unspecified atom stereocenters. The lowest BCUT2D eigenvalue weighted by Gasteiger charge is -2.13. The van der Waals surface area contributed by atoms with E-state index >= 15 is 0 Å². The Morgan fingerprint density at radius 1 is 1.12 bits per heavy atom. The minimum atomic E-state index is -0.399. The maximum atomic E-state index is 12.6. The molecule has 0 bridgehead atoms. The van der Waals surface area contributed by atoms with E-state index in [-0.39, 0.29) is 18.3 Å². The van der Waals surface area contributed by atoms with E-state index in [9.17, 15) is 9.59 Å². The molecule has 3 rings (SSSR count). The molecule has 0 aliphatic carbocycles. The topological polar surface area (TPSA) is 95.3 Å². The number of methoxy groups -OCH3 is 1. The lowest BCUT2D eigenvalue weighted by molar-refractivity contribution is -0.115. The number of hydrogen-bond donors (Lipinski definition) is 1. The van der Waals surface area contributed by atoms with Gasteiger partial charge in [-0.25, -0.2) is 0 Å². The first kappa shape index (κ1) is 23.3. The maximum absolute atomic E-state index is 12.6. The quantitative estimate of drug-likeness (QED) is 0.362. The number of nitrogens with zero attached hydrogens (tertiary/aromatic N) is 3. The standard InChI is InChI=1S/C23H26N4O4S/c1-5-27-21(14-31-20-8-6-7-19(13-20)30-4)25-26-23(27)32-16(3)22(29)24-18-11-9-17(10-12-18)15(2)28/h6-13,16H,5,14H2,1-4H3,(H,24,29)/t16-/m0/s1. The van der Waals surface area contributed by atoms with Gasteiger partial charge >= 0.3 is 0 Å². The van der Waals surface area contributed by atoms with Crippen molar-refractivity contribution in [3.8, 4) is 11.5 Å². The predicted octanol–water partition coefficient (Wildman–Crippen LogP) is 4.21. The number of thioether (sulfide) groups is 1. The first-order valence-electron chi connectivity index (χ1n) is 10.2. The average molecular weight is 455 g/mol. The fourth-order valence-electron chi connectivity index (χ4n) is 2.91. The smallest absolute Gasteiger partial charge is 0.237 e. The van der Waals surface area contributed by atoms with Gasteiger partial charge in [0.2, 0.25) is 5.91 Å².